The SMILES string of the molecule is CCC(C)C(N)C(=O)N(C)Cc1csc2ccccc12. The number of fused-ring (bicyclic) bond motifs is 1. The van der Waals surface area contributed by atoms with Crippen LogP contribution >= 0.6 is 11.3 Å². The van der Waals surface area contributed by atoms with Crippen LogP contribution < -0.4 is 5.73 Å². The first-order valence-corrected chi connectivity index (χ1v) is 7.88. The molecule has 1 amide bonds. The van der Waals surface area contributed by atoms with E-state index in [0.29, 0.717) is 6.54 Å². The fraction of sp³-hybridized carbons (Fsp3) is 0.438. The van der Waals surface area contributed by atoms with Crippen LogP contribution in [0, 0.1) is 5.92 Å². The van der Waals surface area contributed by atoms with Crippen LogP contribution in [0.15, 0.2) is 29.6 Å². The Bertz CT molecular complexity index is 593. The quantitative estimate of drug-likeness (QED) is 0.919. The number of rotatable bonds is 5. The van der Waals surface area contributed by atoms with Crippen molar-refractivity contribution in [3.05, 3.63) is 35.2 Å². The highest BCUT2D eigenvalue weighted by atomic mass is 32.1. The first-order chi connectivity index (χ1) is 9.54. The Morgan fingerprint density at radius 2 is 2.10 bits per heavy atom. The van der Waals surface area contributed by atoms with Crippen LogP contribution in [-0.2, 0) is 11.3 Å². The number of amides is 1. The molecule has 2 rings (SSSR count). The molecule has 1 aromatic heterocycles. The Balaban J connectivity index is 2.11. The van der Waals surface area contributed by atoms with Gasteiger partial charge in [0.15, 0.2) is 0 Å². The summed E-state index contributed by atoms with van der Waals surface area (Å²) in [5.41, 5.74) is 7.22. The van der Waals surface area contributed by atoms with Crippen LogP contribution in [0.4, 0.5) is 0 Å². The van der Waals surface area contributed by atoms with Gasteiger partial charge in [0.1, 0.15) is 0 Å². The molecule has 1 heterocycles. The zero-order valence-electron chi connectivity index (χ0n) is 12.3. The molecule has 2 N–H and O–H groups in total. The molecule has 1 aromatic carbocycles. The zero-order chi connectivity index (χ0) is 14.7. The smallest absolute Gasteiger partial charge is 0.239 e. The summed E-state index contributed by atoms with van der Waals surface area (Å²) >= 11 is 1.72. The molecule has 0 saturated heterocycles. The van der Waals surface area contributed by atoms with Gasteiger partial charge < -0.3 is 10.6 Å². The van der Waals surface area contributed by atoms with Gasteiger partial charge in [-0.15, -0.1) is 11.3 Å². The van der Waals surface area contributed by atoms with E-state index in [-0.39, 0.29) is 11.8 Å². The van der Waals surface area contributed by atoms with Gasteiger partial charge in [0, 0.05) is 18.3 Å². The Morgan fingerprint density at radius 3 is 2.80 bits per heavy atom. The van der Waals surface area contributed by atoms with E-state index in [9.17, 15) is 4.79 Å². The first-order valence-electron chi connectivity index (χ1n) is 7.00. The molecular weight excluding hydrogens is 268 g/mol. The average Bonchev–Trinajstić information content (AvgIpc) is 2.88. The fourth-order valence-electron chi connectivity index (χ4n) is 2.24. The largest absolute Gasteiger partial charge is 0.340 e. The average molecular weight is 290 g/mol. The third-order valence-electron chi connectivity index (χ3n) is 3.89. The van der Waals surface area contributed by atoms with Crippen LogP contribution in [-0.4, -0.2) is 23.9 Å². The normalized spacial score (nSPS) is 14.2. The molecule has 0 aliphatic heterocycles. The van der Waals surface area contributed by atoms with Gasteiger partial charge >= 0.3 is 0 Å². The van der Waals surface area contributed by atoms with Crippen molar-refractivity contribution < 1.29 is 4.79 Å². The van der Waals surface area contributed by atoms with E-state index in [4.69, 9.17) is 5.73 Å². The molecule has 4 heteroatoms. The van der Waals surface area contributed by atoms with Crippen molar-refractivity contribution in [3.8, 4) is 0 Å². The number of hydrogen-bond acceptors (Lipinski definition) is 3. The maximum Gasteiger partial charge on any atom is 0.239 e. The zero-order valence-corrected chi connectivity index (χ0v) is 13.1. The van der Waals surface area contributed by atoms with Crippen LogP contribution in [0.3, 0.4) is 0 Å². The fourth-order valence-corrected chi connectivity index (χ4v) is 3.19. The van der Waals surface area contributed by atoms with Crippen LogP contribution in [0.5, 0.6) is 0 Å². The summed E-state index contributed by atoms with van der Waals surface area (Å²) < 4.78 is 1.26. The topological polar surface area (TPSA) is 46.3 Å². The Kier molecular flexibility index (Phi) is 4.78. The van der Waals surface area contributed by atoms with Crippen LogP contribution in [0.2, 0.25) is 0 Å². The predicted octanol–water partition coefficient (Wildman–Crippen LogP) is 3.23. The highest BCUT2D eigenvalue weighted by molar-refractivity contribution is 7.17. The lowest BCUT2D eigenvalue weighted by Gasteiger charge is -2.24. The van der Waals surface area contributed by atoms with E-state index in [1.165, 1.54) is 15.6 Å². The van der Waals surface area contributed by atoms with Crippen LogP contribution in [0.1, 0.15) is 25.8 Å². The Labute approximate surface area is 124 Å². The van der Waals surface area contributed by atoms with Crippen molar-refractivity contribution in [2.75, 3.05) is 7.05 Å². The molecule has 108 valence electrons. The number of nitrogens with zero attached hydrogens (tertiary/aromatic N) is 1. The van der Waals surface area contributed by atoms with E-state index in [0.717, 1.165) is 6.42 Å². The number of likely N-dealkylation sites (N-methyl/N-ethyl adjacent to an activating group) is 1. The second kappa shape index (κ2) is 6.37. The minimum Gasteiger partial charge on any atom is -0.340 e. The summed E-state index contributed by atoms with van der Waals surface area (Å²) in [6.07, 6.45) is 0.919. The standard InChI is InChI=1S/C16H22N2OS/c1-4-11(2)15(17)16(19)18(3)9-12-10-20-14-8-6-5-7-13(12)14/h5-8,10-11,15H,4,9,17H2,1-3H3. The van der Waals surface area contributed by atoms with Gasteiger partial charge in [0.25, 0.3) is 0 Å². The lowest BCUT2D eigenvalue weighted by atomic mass is 9.99. The molecule has 2 unspecified atom stereocenters. The second-order valence-corrected chi connectivity index (χ2v) is 6.27. The van der Waals surface area contributed by atoms with Gasteiger partial charge in [0.05, 0.1) is 6.04 Å². The molecular formula is C16H22N2OS. The first kappa shape index (κ1) is 15.0. The number of nitrogens with two attached hydrogens (primary N) is 1. The van der Waals surface area contributed by atoms with E-state index in [1.54, 1.807) is 16.2 Å². The Morgan fingerprint density at radius 1 is 1.40 bits per heavy atom. The molecule has 0 saturated carbocycles. The maximum atomic E-state index is 12.3. The van der Waals surface area contributed by atoms with Crippen LogP contribution in [0.25, 0.3) is 10.1 Å². The second-order valence-electron chi connectivity index (χ2n) is 5.36. The lowest BCUT2D eigenvalue weighted by molar-refractivity contribution is -0.132. The van der Waals surface area contributed by atoms with Gasteiger partial charge in [-0.1, -0.05) is 38.5 Å². The monoisotopic (exact) mass is 290 g/mol. The third kappa shape index (κ3) is 3.02. The van der Waals surface area contributed by atoms with Gasteiger partial charge in [0.2, 0.25) is 5.91 Å². The summed E-state index contributed by atoms with van der Waals surface area (Å²) in [5, 5.41) is 3.36. The van der Waals surface area contributed by atoms with Gasteiger partial charge in [-0.25, -0.2) is 0 Å². The van der Waals surface area contributed by atoms with Crippen molar-refractivity contribution in [3.63, 3.8) is 0 Å². The number of benzene rings is 1. The number of carbonyl (C=O) groups is 1. The number of carbonyl (C=O) groups excluding carboxylic acids is 1. The minimum absolute atomic E-state index is 0.0228. The third-order valence-corrected chi connectivity index (χ3v) is 4.90. The van der Waals surface area contributed by atoms with Crippen molar-refractivity contribution in [2.45, 2.75) is 32.9 Å². The molecule has 0 fully saturated rings. The summed E-state index contributed by atoms with van der Waals surface area (Å²) in [5.74, 6) is 0.235. The van der Waals surface area contributed by atoms with E-state index in [2.05, 4.69) is 24.4 Å². The van der Waals surface area contributed by atoms with Crippen molar-refractivity contribution in [1.29, 1.82) is 0 Å². The molecule has 0 bridgehead atoms. The summed E-state index contributed by atoms with van der Waals surface area (Å²) in [6.45, 7) is 4.70. The molecule has 20 heavy (non-hydrogen) atoms. The van der Waals surface area contributed by atoms with Gasteiger partial charge in [-0.3, -0.25) is 4.79 Å². The highest BCUT2D eigenvalue weighted by Crippen LogP contribution is 2.26. The Hall–Kier alpha value is -1.39. The predicted molar refractivity (Wildman–Crippen MR) is 85.7 cm³/mol. The molecule has 2 atom stereocenters. The molecule has 0 spiro atoms. The van der Waals surface area contributed by atoms with E-state index < -0.39 is 6.04 Å². The summed E-state index contributed by atoms with van der Waals surface area (Å²) in [7, 11) is 1.83. The molecule has 2 aromatic rings. The van der Waals surface area contributed by atoms with E-state index in [1.807, 2.05) is 26.1 Å². The lowest BCUT2D eigenvalue weighted by Crippen LogP contribution is -2.45. The molecule has 0 aliphatic rings. The highest BCUT2D eigenvalue weighted by Gasteiger charge is 2.23. The molecule has 3 nitrogen and oxygen atoms in total. The van der Waals surface area contributed by atoms with Crippen molar-refractivity contribution >= 4 is 27.3 Å². The van der Waals surface area contributed by atoms with Gasteiger partial charge in [-0.05, 0) is 28.3 Å². The van der Waals surface area contributed by atoms with Crippen molar-refractivity contribution in [1.82, 2.24) is 4.90 Å². The molecule has 0 aliphatic carbocycles. The van der Waals surface area contributed by atoms with Gasteiger partial charge in [-0.2, -0.15) is 0 Å². The molecule has 0 radical (unpaired) electrons. The van der Waals surface area contributed by atoms with E-state index >= 15 is 0 Å². The number of thiophene rings is 1. The summed E-state index contributed by atoms with van der Waals surface area (Å²) in [6, 6.07) is 7.88. The van der Waals surface area contributed by atoms with Crippen molar-refractivity contribution in [2.24, 2.45) is 11.7 Å². The number of hydrogen-bond donors (Lipinski definition) is 1. The summed E-state index contributed by atoms with van der Waals surface area (Å²) in [4.78, 5) is 14.1. The maximum absolute atomic E-state index is 12.3. The minimum atomic E-state index is -0.408.